The molecule has 1 heterocycles. The number of anilines is 1. The molecule has 4 aliphatic carbocycles. The first kappa shape index (κ1) is 14.0. The Bertz CT molecular complexity index is 549. The summed E-state index contributed by atoms with van der Waals surface area (Å²) in [5, 5.41) is 14.2. The zero-order chi connectivity index (χ0) is 15.3. The van der Waals surface area contributed by atoms with Crippen LogP contribution in [-0.2, 0) is 0 Å². The lowest BCUT2D eigenvalue weighted by Gasteiger charge is -2.59. The van der Waals surface area contributed by atoms with Crippen molar-refractivity contribution in [3.05, 3.63) is 28.4 Å². The van der Waals surface area contributed by atoms with E-state index < -0.39 is 4.92 Å². The topological polar surface area (TPSA) is 68.1 Å². The molecule has 0 aliphatic heterocycles. The van der Waals surface area contributed by atoms with E-state index in [1.54, 1.807) is 6.07 Å². The molecule has 4 fully saturated rings. The molecule has 0 saturated heterocycles. The summed E-state index contributed by atoms with van der Waals surface area (Å²) in [6.07, 6.45) is 9.72. The molecule has 22 heavy (non-hydrogen) atoms. The van der Waals surface area contributed by atoms with Gasteiger partial charge >= 0.3 is 0 Å². The lowest BCUT2D eigenvalue weighted by atomic mass is 9.48. The lowest BCUT2D eigenvalue weighted by molar-refractivity contribution is -0.385. The summed E-state index contributed by atoms with van der Waals surface area (Å²) in [5.41, 5.74) is 0.464. The average Bonchev–Trinajstić information content (AvgIpc) is 2.46. The molecule has 118 valence electrons. The Labute approximate surface area is 130 Å². The predicted octanol–water partition coefficient (Wildman–Crippen LogP) is 4.01. The summed E-state index contributed by atoms with van der Waals surface area (Å²) < 4.78 is 0. The predicted molar refractivity (Wildman–Crippen MR) is 84.6 cm³/mol. The number of aromatic nitrogens is 1. The largest absolute Gasteiger partial charge is 0.367 e. The maximum Gasteiger partial charge on any atom is 0.287 e. The zero-order valence-electron chi connectivity index (χ0n) is 13.0. The first-order chi connectivity index (χ1) is 10.5. The maximum atomic E-state index is 10.7. The lowest BCUT2D eigenvalue weighted by Crippen LogP contribution is -2.52. The third kappa shape index (κ3) is 2.27. The Kier molecular flexibility index (Phi) is 3.13. The van der Waals surface area contributed by atoms with Gasteiger partial charge in [-0.05, 0) is 74.7 Å². The first-order valence-electron chi connectivity index (χ1n) is 8.41. The summed E-state index contributed by atoms with van der Waals surface area (Å²) in [6, 6.07) is 3.64. The van der Waals surface area contributed by atoms with Gasteiger partial charge in [0.05, 0.1) is 4.92 Å². The molecule has 5 heteroatoms. The summed E-state index contributed by atoms with van der Waals surface area (Å²) in [5.74, 6) is 3.55. The standard InChI is InChI=1S/C17H23N3O2/c1-11(19-16-3-2-15(10-18-16)20(21)22)17-7-12-4-13(8-17)6-14(5-12)9-17/h2-3,10-14H,4-9H2,1H3,(H,18,19). The van der Waals surface area contributed by atoms with Crippen molar-refractivity contribution in [3.8, 4) is 0 Å². The third-order valence-corrected chi connectivity index (χ3v) is 6.33. The molecule has 4 saturated carbocycles. The van der Waals surface area contributed by atoms with Gasteiger partial charge in [0.2, 0.25) is 0 Å². The van der Waals surface area contributed by atoms with Crippen molar-refractivity contribution < 1.29 is 4.92 Å². The van der Waals surface area contributed by atoms with E-state index >= 15 is 0 Å². The van der Waals surface area contributed by atoms with E-state index in [0.29, 0.717) is 11.5 Å². The van der Waals surface area contributed by atoms with Gasteiger partial charge in [0, 0.05) is 12.1 Å². The summed E-state index contributed by atoms with van der Waals surface area (Å²) in [6.45, 7) is 2.27. The molecular formula is C17H23N3O2. The number of hydrogen-bond donors (Lipinski definition) is 1. The Morgan fingerprint density at radius 2 is 1.82 bits per heavy atom. The smallest absolute Gasteiger partial charge is 0.287 e. The quantitative estimate of drug-likeness (QED) is 0.674. The molecule has 0 radical (unpaired) electrons. The van der Waals surface area contributed by atoms with Gasteiger partial charge in [-0.25, -0.2) is 4.98 Å². The minimum Gasteiger partial charge on any atom is -0.367 e. The van der Waals surface area contributed by atoms with E-state index in [1.165, 1.54) is 50.8 Å². The van der Waals surface area contributed by atoms with Gasteiger partial charge < -0.3 is 5.32 Å². The Hall–Kier alpha value is -1.65. The molecule has 5 rings (SSSR count). The second kappa shape index (κ2) is 4.93. The van der Waals surface area contributed by atoms with E-state index in [9.17, 15) is 10.1 Å². The molecule has 1 aromatic rings. The molecule has 0 spiro atoms. The van der Waals surface area contributed by atoms with Crippen LogP contribution in [0.15, 0.2) is 18.3 Å². The fourth-order valence-electron chi connectivity index (χ4n) is 5.66. The molecule has 1 N–H and O–H groups in total. The summed E-state index contributed by atoms with van der Waals surface area (Å²) in [7, 11) is 0. The van der Waals surface area contributed by atoms with Crippen molar-refractivity contribution in [2.45, 2.75) is 51.5 Å². The van der Waals surface area contributed by atoms with Crippen molar-refractivity contribution in [1.29, 1.82) is 0 Å². The van der Waals surface area contributed by atoms with Crippen LogP contribution in [0.4, 0.5) is 11.5 Å². The molecular weight excluding hydrogens is 278 g/mol. The highest BCUT2D eigenvalue weighted by molar-refractivity contribution is 5.41. The molecule has 4 bridgehead atoms. The van der Waals surface area contributed by atoms with Crippen LogP contribution in [0.3, 0.4) is 0 Å². The van der Waals surface area contributed by atoms with Gasteiger partial charge in [0.15, 0.2) is 0 Å². The fourth-order valence-corrected chi connectivity index (χ4v) is 5.66. The number of nitrogens with zero attached hydrogens (tertiary/aromatic N) is 2. The van der Waals surface area contributed by atoms with Crippen LogP contribution in [0.5, 0.6) is 0 Å². The SMILES string of the molecule is CC(Nc1ccc([N+](=O)[O-])cn1)C12CC3CC(CC(C3)C1)C2. The van der Waals surface area contributed by atoms with Crippen molar-refractivity contribution in [3.63, 3.8) is 0 Å². The number of nitro groups is 1. The van der Waals surface area contributed by atoms with Gasteiger partial charge in [0.1, 0.15) is 12.0 Å². The van der Waals surface area contributed by atoms with Gasteiger partial charge in [-0.2, -0.15) is 0 Å². The number of pyridine rings is 1. The van der Waals surface area contributed by atoms with Crippen LogP contribution < -0.4 is 5.32 Å². The Morgan fingerprint density at radius 3 is 2.27 bits per heavy atom. The monoisotopic (exact) mass is 301 g/mol. The highest BCUT2D eigenvalue weighted by Crippen LogP contribution is 2.61. The summed E-state index contributed by atoms with van der Waals surface area (Å²) in [4.78, 5) is 14.5. The minimum absolute atomic E-state index is 0.0491. The van der Waals surface area contributed by atoms with Gasteiger partial charge in [0.25, 0.3) is 5.69 Å². The second-order valence-corrected chi connectivity index (χ2v) is 7.80. The Morgan fingerprint density at radius 1 is 1.23 bits per heavy atom. The van der Waals surface area contributed by atoms with Crippen LogP contribution in [0.2, 0.25) is 0 Å². The minimum atomic E-state index is -0.403. The summed E-state index contributed by atoms with van der Waals surface area (Å²) >= 11 is 0. The van der Waals surface area contributed by atoms with E-state index in [4.69, 9.17) is 0 Å². The maximum absolute atomic E-state index is 10.7. The van der Waals surface area contributed by atoms with E-state index in [-0.39, 0.29) is 5.69 Å². The normalized spacial score (nSPS) is 37.0. The van der Waals surface area contributed by atoms with Crippen LogP contribution in [0.1, 0.15) is 45.4 Å². The molecule has 0 amide bonds. The van der Waals surface area contributed by atoms with Gasteiger partial charge in [-0.3, -0.25) is 10.1 Å². The first-order valence-corrected chi connectivity index (χ1v) is 8.41. The van der Waals surface area contributed by atoms with Crippen molar-refractivity contribution >= 4 is 11.5 Å². The number of hydrogen-bond acceptors (Lipinski definition) is 4. The van der Waals surface area contributed by atoms with E-state index in [2.05, 4.69) is 17.2 Å². The van der Waals surface area contributed by atoms with Crippen LogP contribution in [0, 0.1) is 33.3 Å². The van der Waals surface area contributed by atoms with E-state index in [0.717, 1.165) is 23.6 Å². The number of rotatable bonds is 4. The fraction of sp³-hybridized carbons (Fsp3) is 0.706. The highest BCUT2D eigenvalue weighted by Gasteiger charge is 2.53. The molecule has 1 atom stereocenters. The van der Waals surface area contributed by atoms with Crippen LogP contribution in [-0.4, -0.2) is 15.9 Å². The van der Waals surface area contributed by atoms with Crippen LogP contribution >= 0.6 is 0 Å². The van der Waals surface area contributed by atoms with Crippen molar-refractivity contribution in [2.24, 2.45) is 23.2 Å². The molecule has 1 aromatic heterocycles. The third-order valence-electron chi connectivity index (χ3n) is 6.33. The number of nitrogens with one attached hydrogen (secondary N) is 1. The van der Waals surface area contributed by atoms with Crippen molar-refractivity contribution in [2.75, 3.05) is 5.32 Å². The Balaban J connectivity index is 1.50. The van der Waals surface area contributed by atoms with Gasteiger partial charge in [-0.1, -0.05) is 0 Å². The molecule has 0 aromatic carbocycles. The highest BCUT2D eigenvalue weighted by atomic mass is 16.6. The average molecular weight is 301 g/mol. The zero-order valence-corrected chi connectivity index (χ0v) is 13.0. The molecule has 4 aliphatic rings. The molecule has 1 unspecified atom stereocenters. The second-order valence-electron chi connectivity index (χ2n) is 7.80. The molecule has 5 nitrogen and oxygen atoms in total. The van der Waals surface area contributed by atoms with Crippen LogP contribution in [0.25, 0.3) is 0 Å². The van der Waals surface area contributed by atoms with E-state index in [1.807, 2.05) is 0 Å². The van der Waals surface area contributed by atoms with Crippen molar-refractivity contribution in [1.82, 2.24) is 4.98 Å². The van der Waals surface area contributed by atoms with Gasteiger partial charge in [-0.15, -0.1) is 0 Å².